The maximum absolute atomic E-state index is 14.8. The molecule has 144 valence electrons. The maximum atomic E-state index is 14.8. The van der Waals surface area contributed by atoms with Gasteiger partial charge in [-0.05, 0) is 37.6 Å². The predicted molar refractivity (Wildman–Crippen MR) is 106 cm³/mol. The molecule has 1 aromatic carbocycles. The number of aliphatic imine (C=N–C) groups is 2. The topological polar surface area (TPSA) is 87.3 Å². The number of anilines is 1. The molecule has 1 fully saturated rings. The lowest BCUT2D eigenvalue weighted by Crippen LogP contribution is -2.23. The zero-order chi connectivity index (χ0) is 19.8. The second-order valence-corrected chi connectivity index (χ2v) is 6.80. The van der Waals surface area contributed by atoms with Gasteiger partial charge in [0.15, 0.2) is 0 Å². The number of benzene rings is 1. The number of nitrogens with zero attached hydrogens (tertiary/aromatic N) is 4. The van der Waals surface area contributed by atoms with E-state index in [-0.39, 0.29) is 17.0 Å². The number of aryl methyl sites for hydroxylation is 1. The Morgan fingerprint density at radius 2 is 2.25 bits per heavy atom. The molecule has 3 heterocycles. The minimum absolute atomic E-state index is 0.0211. The molecule has 28 heavy (non-hydrogen) atoms. The summed E-state index contributed by atoms with van der Waals surface area (Å²) >= 11 is 0. The monoisotopic (exact) mass is 382 g/mol. The van der Waals surface area contributed by atoms with Gasteiger partial charge in [-0.15, -0.1) is 0 Å². The molecule has 2 aromatic rings. The number of hydrogen-bond acceptors (Lipinski definition) is 4. The van der Waals surface area contributed by atoms with E-state index in [4.69, 9.17) is 0 Å². The van der Waals surface area contributed by atoms with Crippen LogP contribution < -0.4 is 10.3 Å². The number of fused-ring (bicyclic) bond motifs is 1. The highest BCUT2D eigenvalue weighted by Gasteiger charge is 2.26. The van der Waals surface area contributed by atoms with Crippen LogP contribution in [0, 0.1) is 5.82 Å². The molecule has 0 saturated carbocycles. The molecule has 1 atom stereocenters. The molecule has 7 nitrogen and oxygen atoms in total. The first-order chi connectivity index (χ1) is 13.5. The van der Waals surface area contributed by atoms with E-state index in [9.17, 15) is 19.1 Å². The third-order valence-corrected chi connectivity index (χ3v) is 5.08. The number of carboxylic acid groups (broad SMARTS) is 1. The van der Waals surface area contributed by atoms with Crippen LogP contribution in [0.4, 0.5) is 10.1 Å². The third kappa shape index (κ3) is 3.11. The van der Waals surface area contributed by atoms with Crippen molar-refractivity contribution in [2.45, 2.75) is 25.9 Å². The number of carboxylic acids is 1. The average molecular weight is 382 g/mol. The van der Waals surface area contributed by atoms with Gasteiger partial charge < -0.3 is 14.6 Å². The van der Waals surface area contributed by atoms with Gasteiger partial charge in [-0.25, -0.2) is 14.2 Å². The Bertz CT molecular complexity index is 1100. The van der Waals surface area contributed by atoms with E-state index in [1.54, 1.807) is 16.8 Å². The summed E-state index contributed by atoms with van der Waals surface area (Å²) in [5.41, 5.74) is -0.115. The number of pyridine rings is 1. The first-order valence-electron chi connectivity index (χ1n) is 9.11. The van der Waals surface area contributed by atoms with Crippen LogP contribution in [0.2, 0.25) is 0 Å². The van der Waals surface area contributed by atoms with Crippen molar-refractivity contribution in [3.63, 3.8) is 0 Å². The van der Waals surface area contributed by atoms with E-state index in [1.165, 1.54) is 6.20 Å². The summed E-state index contributed by atoms with van der Waals surface area (Å²) in [6.45, 7) is 3.50. The molecule has 0 aliphatic carbocycles. The van der Waals surface area contributed by atoms with Crippen molar-refractivity contribution in [3.8, 4) is 0 Å². The summed E-state index contributed by atoms with van der Waals surface area (Å²) in [6.07, 6.45) is 7.44. The lowest BCUT2D eigenvalue weighted by atomic mass is 10.1. The zero-order valence-electron chi connectivity index (χ0n) is 15.3. The van der Waals surface area contributed by atoms with Crippen LogP contribution in [0.3, 0.4) is 0 Å². The summed E-state index contributed by atoms with van der Waals surface area (Å²) < 4.78 is 16.5. The third-order valence-electron chi connectivity index (χ3n) is 5.08. The summed E-state index contributed by atoms with van der Waals surface area (Å²) in [5.74, 6) is -1.18. The first-order valence-corrected chi connectivity index (χ1v) is 9.11. The van der Waals surface area contributed by atoms with Gasteiger partial charge in [0.1, 0.15) is 17.2 Å². The highest BCUT2D eigenvalue weighted by molar-refractivity contribution is 6.06. The van der Waals surface area contributed by atoms with Gasteiger partial charge in [0.05, 0.1) is 17.2 Å². The van der Waals surface area contributed by atoms with Gasteiger partial charge in [-0.3, -0.25) is 9.79 Å². The first kappa shape index (κ1) is 18.1. The fourth-order valence-electron chi connectivity index (χ4n) is 3.68. The largest absolute Gasteiger partial charge is 0.477 e. The maximum Gasteiger partial charge on any atom is 0.341 e. The molecule has 0 radical (unpaired) electrons. The van der Waals surface area contributed by atoms with E-state index in [2.05, 4.69) is 9.98 Å². The molecule has 8 heteroatoms. The van der Waals surface area contributed by atoms with Gasteiger partial charge in [-0.2, -0.15) is 0 Å². The normalized spacial score (nSPS) is 20.0. The molecule has 1 N–H and O–H groups in total. The molecular formula is C20H19FN4O3. The average Bonchev–Trinajstić information content (AvgIpc) is 3.34. The quantitative estimate of drug-likeness (QED) is 0.880. The van der Waals surface area contributed by atoms with Crippen LogP contribution in [0.1, 0.15) is 23.7 Å². The number of halogens is 1. The van der Waals surface area contributed by atoms with Crippen molar-refractivity contribution in [3.05, 3.63) is 52.1 Å². The van der Waals surface area contributed by atoms with Crippen molar-refractivity contribution in [1.82, 2.24) is 4.57 Å². The second kappa shape index (κ2) is 7.03. The van der Waals surface area contributed by atoms with E-state index >= 15 is 0 Å². The molecule has 1 aromatic heterocycles. The minimum atomic E-state index is -1.32. The Kier molecular flexibility index (Phi) is 4.54. The fourth-order valence-corrected chi connectivity index (χ4v) is 3.68. The van der Waals surface area contributed by atoms with Crippen molar-refractivity contribution in [2.75, 3.05) is 18.0 Å². The molecule has 4 rings (SSSR count). The lowest BCUT2D eigenvalue weighted by molar-refractivity contribution is 0.0695. The molecule has 2 aliphatic rings. The molecule has 0 bridgehead atoms. The SMILES string of the molecule is CCn1cc(C(=O)O)c(=O)c2cc(F)c(N3CCC(N=C4C=CC=N4)C3)cc21. The molecular weight excluding hydrogens is 363 g/mol. The number of amidine groups is 1. The summed E-state index contributed by atoms with van der Waals surface area (Å²) in [7, 11) is 0. The minimum Gasteiger partial charge on any atom is -0.477 e. The van der Waals surface area contributed by atoms with E-state index in [1.807, 2.05) is 24.0 Å². The highest BCUT2D eigenvalue weighted by Crippen LogP contribution is 2.29. The van der Waals surface area contributed by atoms with Crippen LogP contribution in [-0.2, 0) is 6.54 Å². The van der Waals surface area contributed by atoms with Gasteiger partial charge in [-0.1, -0.05) is 0 Å². The molecule has 1 unspecified atom stereocenters. The van der Waals surface area contributed by atoms with Crippen molar-refractivity contribution < 1.29 is 14.3 Å². The van der Waals surface area contributed by atoms with Gasteiger partial charge in [0, 0.05) is 37.4 Å². The van der Waals surface area contributed by atoms with Crippen LogP contribution >= 0.6 is 0 Å². The Morgan fingerprint density at radius 1 is 1.43 bits per heavy atom. The van der Waals surface area contributed by atoms with Crippen LogP contribution in [0.5, 0.6) is 0 Å². The fraction of sp³-hybridized carbons (Fsp3) is 0.300. The lowest BCUT2D eigenvalue weighted by Gasteiger charge is -2.20. The van der Waals surface area contributed by atoms with Crippen LogP contribution in [0.15, 0.2) is 45.3 Å². The smallest absolute Gasteiger partial charge is 0.341 e. The number of rotatable bonds is 4. The summed E-state index contributed by atoms with van der Waals surface area (Å²) in [5, 5.41) is 9.32. The molecule has 0 spiro atoms. The Balaban J connectivity index is 1.74. The van der Waals surface area contributed by atoms with Gasteiger partial charge in [0.2, 0.25) is 5.43 Å². The van der Waals surface area contributed by atoms with Crippen molar-refractivity contribution in [2.24, 2.45) is 9.98 Å². The number of aromatic carboxylic acids is 1. The predicted octanol–water partition coefficient (Wildman–Crippen LogP) is 2.48. The number of carbonyl (C=O) groups is 1. The summed E-state index contributed by atoms with van der Waals surface area (Å²) in [6, 6.07) is 2.80. The Morgan fingerprint density at radius 3 is 2.93 bits per heavy atom. The van der Waals surface area contributed by atoms with Gasteiger partial charge in [0.25, 0.3) is 0 Å². The standard InChI is InChI=1S/C20H19FN4O3/c1-2-24-11-14(20(27)28)19(26)13-8-15(21)17(9-16(13)24)25-7-5-12(10-25)23-18-4-3-6-22-18/h3-4,6,8-9,11-12H,2,5,7,10H2,1H3,(H,27,28). The number of aromatic nitrogens is 1. The van der Waals surface area contributed by atoms with Gasteiger partial charge >= 0.3 is 5.97 Å². The Hall–Kier alpha value is -3.29. The second-order valence-electron chi connectivity index (χ2n) is 6.80. The number of allylic oxidation sites excluding steroid dienone is 1. The Labute approximate surface area is 160 Å². The summed E-state index contributed by atoms with van der Waals surface area (Å²) in [4.78, 5) is 34.4. The van der Waals surface area contributed by atoms with E-state index < -0.39 is 17.2 Å². The van der Waals surface area contributed by atoms with Crippen molar-refractivity contribution >= 4 is 34.6 Å². The molecule has 0 amide bonds. The van der Waals surface area contributed by atoms with E-state index in [0.717, 1.165) is 12.5 Å². The highest BCUT2D eigenvalue weighted by atomic mass is 19.1. The number of hydrogen-bond donors (Lipinski definition) is 1. The van der Waals surface area contributed by atoms with Crippen LogP contribution in [-0.4, -0.2) is 46.8 Å². The van der Waals surface area contributed by atoms with Crippen molar-refractivity contribution in [1.29, 1.82) is 0 Å². The van der Waals surface area contributed by atoms with Crippen LogP contribution in [0.25, 0.3) is 10.9 Å². The van der Waals surface area contributed by atoms with E-state index in [0.29, 0.717) is 36.7 Å². The zero-order valence-corrected chi connectivity index (χ0v) is 15.3. The molecule has 2 aliphatic heterocycles. The molecule has 1 saturated heterocycles.